The molecular formula is C16H26BNO2. The molecule has 2 rings (SSSR count). The van der Waals surface area contributed by atoms with Crippen LogP contribution in [0.2, 0.25) is 0 Å². The van der Waals surface area contributed by atoms with Gasteiger partial charge in [0.25, 0.3) is 0 Å². The highest BCUT2D eigenvalue weighted by atomic mass is 16.7. The number of nitrogens with zero attached hydrogens (tertiary/aromatic N) is 1. The van der Waals surface area contributed by atoms with Gasteiger partial charge in [-0.15, -0.1) is 0 Å². The fourth-order valence-electron chi connectivity index (χ4n) is 2.33. The molecular weight excluding hydrogens is 249 g/mol. The van der Waals surface area contributed by atoms with Gasteiger partial charge in [0.05, 0.1) is 11.2 Å². The molecule has 1 heterocycles. The van der Waals surface area contributed by atoms with Gasteiger partial charge in [-0.2, -0.15) is 0 Å². The molecule has 1 saturated heterocycles. The zero-order valence-electron chi connectivity index (χ0n) is 13.7. The summed E-state index contributed by atoms with van der Waals surface area (Å²) < 4.78 is 12.3. The minimum Gasteiger partial charge on any atom is -0.403 e. The van der Waals surface area contributed by atoms with Gasteiger partial charge in [-0.05, 0) is 45.4 Å². The van der Waals surface area contributed by atoms with Crippen LogP contribution in [-0.2, 0) is 9.31 Å². The van der Waals surface area contributed by atoms with E-state index in [1.54, 1.807) is 0 Å². The molecule has 0 amide bonds. The molecule has 1 aromatic carbocycles. The van der Waals surface area contributed by atoms with E-state index in [1.165, 1.54) is 11.3 Å². The summed E-state index contributed by atoms with van der Waals surface area (Å²) in [6, 6.07) is 8.59. The van der Waals surface area contributed by atoms with Crippen LogP contribution in [0.15, 0.2) is 24.3 Å². The lowest BCUT2D eigenvalue weighted by atomic mass is 9.69. The Hall–Kier alpha value is -0.995. The number of anilines is 1. The quantitative estimate of drug-likeness (QED) is 0.788. The summed E-state index contributed by atoms with van der Waals surface area (Å²) in [7, 11) is 3.91. The van der Waals surface area contributed by atoms with Crippen molar-refractivity contribution < 1.29 is 9.31 Å². The van der Waals surface area contributed by atoms with Gasteiger partial charge >= 0.3 is 7.12 Å². The predicted molar refractivity (Wildman–Crippen MR) is 85.3 cm³/mol. The predicted octanol–water partition coefficient (Wildman–Crippen LogP) is 3.49. The van der Waals surface area contributed by atoms with Crippen molar-refractivity contribution in [1.29, 1.82) is 0 Å². The van der Waals surface area contributed by atoms with E-state index in [9.17, 15) is 0 Å². The van der Waals surface area contributed by atoms with Gasteiger partial charge in [-0.1, -0.05) is 19.1 Å². The summed E-state index contributed by atoms with van der Waals surface area (Å²) in [6.45, 7) is 10.5. The minimum absolute atomic E-state index is 0.190. The highest BCUT2D eigenvalue weighted by molar-refractivity contribution is 6.47. The van der Waals surface area contributed by atoms with Crippen LogP contribution in [-0.4, -0.2) is 32.4 Å². The molecule has 0 spiro atoms. The molecule has 110 valence electrons. The molecule has 1 atom stereocenters. The first kappa shape index (κ1) is 15.4. The maximum absolute atomic E-state index is 6.13. The molecule has 0 saturated carbocycles. The van der Waals surface area contributed by atoms with E-state index in [-0.39, 0.29) is 24.1 Å². The summed E-state index contributed by atoms with van der Waals surface area (Å²) in [6.07, 6.45) is 0. The van der Waals surface area contributed by atoms with Crippen LogP contribution in [0.5, 0.6) is 0 Å². The molecule has 1 aliphatic rings. The van der Waals surface area contributed by atoms with Crippen molar-refractivity contribution in [2.24, 2.45) is 0 Å². The molecule has 0 aromatic heterocycles. The Morgan fingerprint density at radius 1 is 0.950 bits per heavy atom. The van der Waals surface area contributed by atoms with Crippen LogP contribution >= 0.6 is 0 Å². The monoisotopic (exact) mass is 275 g/mol. The topological polar surface area (TPSA) is 21.7 Å². The van der Waals surface area contributed by atoms with Crippen molar-refractivity contribution in [3.63, 3.8) is 0 Å². The van der Waals surface area contributed by atoms with Crippen molar-refractivity contribution in [2.75, 3.05) is 19.0 Å². The first-order chi connectivity index (χ1) is 9.14. The Morgan fingerprint density at radius 2 is 1.40 bits per heavy atom. The summed E-state index contributed by atoms with van der Waals surface area (Å²) >= 11 is 0. The lowest BCUT2D eigenvalue weighted by Gasteiger charge is -2.32. The maximum Gasteiger partial charge on any atom is 0.465 e. The van der Waals surface area contributed by atoms with E-state index in [1.807, 2.05) is 14.1 Å². The van der Waals surface area contributed by atoms with Gasteiger partial charge in [0.15, 0.2) is 0 Å². The Morgan fingerprint density at radius 3 is 1.80 bits per heavy atom. The van der Waals surface area contributed by atoms with Crippen molar-refractivity contribution in [1.82, 2.24) is 0 Å². The molecule has 20 heavy (non-hydrogen) atoms. The second-order valence-corrected chi connectivity index (χ2v) is 6.90. The summed E-state index contributed by atoms with van der Waals surface area (Å²) in [5.74, 6) is 0.215. The summed E-state index contributed by atoms with van der Waals surface area (Å²) in [5, 5.41) is 0. The van der Waals surface area contributed by atoms with Crippen LogP contribution in [0, 0.1) is 0 Å². The Bertz CT molecular complexity index is 452. The number of hydrogen-bond donors (Lipinski definition) is 0. The fourth-order valence-corrected chi connectivity index (χ4v) is 2.33. The largest absolute Gasteiger partial charge is 0.465 e. The second kappa shape index (κ2) is 5.08. The third-order valence-electron chi connectivity index (χ3n) is 4.61. The van der Waals surface area contributed by atoms with Crippen molar-refractivity contribution in [3.8, 4) is 0 Å². The van der Waals surface area contributed by atoms with E-state index < -0.39 is 0 Å². The zero-order valence-corrected chi connectivity index (χ0v) is 13.7. The van der Waals surface area contributed by atoms with Gasteiger partial charge in [-0.25, -0.2) is 0 Å². The fraction of sp³-hybridized carbons (Fsp3) is 0.625. The van der Waals surface area contributed by atoms with E-state index >= 15 is 0 Å². The molecule has 3 nitrogen and oxygen atoms in total. The van der Waals surface area contributed by atoms with Crippen LogP contribution in [0.3, 0.4) is 0 Å². The lowest BCUT2D eigenvalue weighted by Crippen LogP contribution is -2.41. The Kier molecular flexibility index (Phi) is 3.91. The molecule has 1 fully saturated rings. The smallest absolute Gasteiger partial charge is 0.403 e. The summed E-state index contributed by atoms with van der Waals surface area (Å²) in [4.78, 5) is 2.10. The average molecular weight is 275 g/mol. The molecule has 0 bridgehead atoms. The van der Waals surface area contributed by atoms with Crippen molar-refractivity contribution in [3.05, 3.63) is 29.8 Å². The van der Waals surface area contributed by atoms with Gasteiger partial charge in [0.1, 0.15) is 0 Å². The normalized spacial score (nSPS) is 21.9. The number of benzene rings is 1. The second-order valence-electron chi connectivity index (χ2n) is 6.90. The van der Waals surface area contributed by atoms with E-state index in [2.05, 4.69) is 63.8 Å². The lowest BCUT2D eigenvalue weighted by molar-refractivity contribution is 0.00578. The number of rotatable bonds is 3. The average Bonchev–Trinajstić information content (AvgIpc) is 2.57. The molecule has 0 aliphatic carbocycles. The molecule has 1 aliphatic heterocycles. The van der Waals surface area contributed by atoms with Gasteiger partial charge < -0.3 is 14.2 Å². The standard InChI is InChI=1S/C16H26BNO2/c1-12(13-8-10-14(11-9-13)18(6)7)17-19-15(2,3)16(4,5)20-17/h8-12H,1-7H3. The van der Waals surface area contributed by atoms with Crippen LogP contribution in [0.4, 0.5) is 5.69 Å². The number of hydrogen-bond acceptors (Lipinski definition) is 3. The molecule has 0 N–H and O–H groups in total. The molecule has 4 heteroatoms. The van der Waals surface area contributed by atoms with Crippen LogP contribution < -0.4 is 4.90 Å². The molecule has 1 aromatic rings. The van der Waals surface area contributed by atoms with Crippen molar-refractivity contribution >= 4 is 12.8 Å². The van der Waals surface area contributed by atoms with Crippen LogP contribution in [0.25, 0.3) is 0 Å². The van der Waals surface area contributed by atoms with Crippen LogP contribution in [0.1, 0.15) is 46.0 Å². The zero-order chi connectivity index (χ0) is 15.1. The first-order valence-corrected chi connectivity index (χ1v) is 7.27. The third-order valence-corrected chi connectivity index (χ3v) is 4.61. The van der Waals surface area contributed by atoms with E-state index in [0.29, 0.717) is 0 Å². The minimum atomic E-state index is -0.268. The highest BCUT2D eigenvalue weighted by Gasteiger charge is 2.52. The third kappa shape index (κ3) is 2.72. The Balaban J connectivity index is 2.15. The van der Waals surface area contributed by atoms with Crippen molar-refractivity contribution in [2.45, 2.75) is 51.6 Å². The van der Waals surface area contributed by atoms with E-state index in [0.717, 1.165) is 0 Å². The molecule has 0 radical (unpaired) electrons. The molecule has 1 unspecified atom stereocenters. The SMILES string of the molecule is CC(B1OC(C)(C)C(C)(C)O1)c1ccc(N(C)C)cc1. The van der Waals surface area contributed by atoms with E-state index in [4.69, 9.17) is 9.31 Å². The summed E-state index contributed by atoms with van der Waals surface area (Å²) in [5.41, 5.74) is 1.91. The van der Waals surface area contributed by atoms with Gasteiger partial charge in [-0.3, -0.25) is 0 Å². The van der Waals surface area contributed by atoms with Gasteiger partial charge in [0.2, 0.25) is 0 Å². The van der Waals surface area contributed by atoms with Gasteiger partial charge in [0, 0.05) is 25.6 Å². The highest BCUT2D eigenvalue weighted by Crippen LogP contribution is 2.40. The Labute approximate surface area is 123 Å². The first-order valence-electron chi connectivity index (χ1n) is 7.27. The maximum atomic E-state index is 6.13.